The number of benzene rings is 1. The fraction of sp³-hybridized carbons (Fsp3) is 0.167. The van der Waals surface area contributed by atoms with Crippen molar-refractivity contribution in [1.29, 1.82) is 0 Å². The van der Waals surface area contributed by atoms with Crippen LogP contribution in [0.4, 0.5) is 17.6 Å². The third-order valence-electron chi connectivity index (χ3n) is 3.93. The minimum atomic E-state index is -4.55. The van der Waals surface area contributed by atoms with Crippen molar-refractivity contribution in [3.63, 3.8) is 0 Å². The second kappa shape index (κ2) is 8.26. The SMILES string of the molecule is CO/N=C/c1cc(C(Oc2ccc3nc(C(F)(F)F)sc3c2)c2nnco2)ncc1F. The molecule has 0 aliphatic carbocycles. The highest BCUT2D eigenvalue weighted by Crippen LogP contribution is 2.37. The Morgan fingerprint density at radius 1 is 1.26 bits per heavy atom. The maximum Gasteiger partial charge on any atom is 0.443 e. The number of ether oxygens (including phenoxy) is 1. The number of hydrogen-bond acceptors (Lipinski definition) is 9. The van der Waals surface area contributed by atoms with Crippen LogP contribution >= 0.6 is 11.3 Å². The summed E-state index contributed by atoms with van der Waals surface area (Å²) in [5.74, 6) is -0.444. The minimum absolute atomic E-state index is 0.00844. The van der Waals surface area contributed by atoms with E-state index in [-0.39, 0.29) is 33.1 Å². The summed E-state index contributed by atoms with van der Waals surface area (Å²) < 4.78 is 64.2. The van der Waals surface area contributed by atoms with Gasteiger partial charge in [-0.3, -0.25) is 4.98 Å². The zero-order valence-electron chi connectivity index (χ0n) is 15.5. The molecule has 1 aromatic carbocycles. The van der Waals surface area contributed by atoms with Crippen molar-refractivity contribution in [2.24, 2.45) is 5.16 Å². The summed E-state index contributed by atoms with van der Waals surface area (Å²) in [6, 6.07) is 5.60. The number of thiazole rings is 1. The lowest BCUT2D eigenvalue weighted by atomic mass is 10.1. The fourth-order valence-electron chi connectivity index (χ4n) is 2.59. The Morgan fingerprint density at radius 2 is 2.10 bits per heavy atom. The normalized spacial score (nSPS) is 13.1. The van der Waals surface area contributed by atoms with Gasteiger partial charge in [0, 0.05) is 5.56 Å². The van der Waals surface area contributed by atoms with E-state index in [9.17, 15) is 17.6 Å². The molecule has 0 radical (unpaired) electrons. The standard InChI is InChI=1S/C18H11F4N5O3S/c1-28-25-6-9-4-13(23-7-11(9)19)15(16-27-24-8-29-16)30-10-2-3-12-14(5-10)31-17(26-12)18(20,21)22/h2-8,15H,1H3/b25-6+. The summed E-state index contributed by atoms with van der Waals surface area (Å²) in [5.41, 5.74) is 0.438. The number of aromatic nitrogens is 4. The van der Waals surface area contributed by atoms with Crippen LogP contribution in [0.15, 0.2) is 46.4 Å². The molecule has 0 N–H and O–H groups in total. The molecule has 4 aromatic rings. The van der Waals surface area contributed by atoms with Gasteiger partial charge in [-0.25, -0.2) is 9.37 Å². The van der Waals surface area contributed by atoms with Crippen LogP contribution in [0.25, 0.3) is 10.2 Å². The van der Waals surface area contributed by atoms with Crippen LogP contribution in [0.5, 0.6) is 5.75 Å². The van der Waals surface area contributed by atoms with Gasteiger partial charge in [-0.1, -0.05) is 5.16 Å². The van der Waals surface area contributed by atoms with Gasteiger partial charge in [0.1, 0.15) is 18.7 Å². The number of nitrogens with zero attached hydrogens (tertiary/aromatic N) is 5. The second-order valence-electron chi connectivity index (χ2n) is 5.97. The summed E-state index contributed by atoms with van der Waals surface area (Å²) in [7, 11) is 1.31. The summed E-state index contributed by atoms with van der Waals surface area (Å²) in [4.78, 5) is 12.1. The van der Waals surface area contributed by atoms with Crippen molar-refractivity contribution in [3.8, 4) is 5.75 Å². The van der Waals surface area contributed by atoms with Crippen molar-refractivity contribution in [3.05, 3.63) is 64.8 Å². The van der Waals surface area contributed by atoms with Crippen LogP contribution in [0.2, 0.25) is 0 Å². The molecule has 0 aliphatic heterocycles. The van der Waals surface area contributed by atoms with Gasteiger partial charge in [0.25, 0.3) is 5.89 Å². The summed E-state index contributed by atoms with van der Waals surface area (Å²) in [6.45, 7) is 0. The Morgan fingerprint density at radius 3 is 2.81 bits per heavy atom. The molecular formula is C18H11F4N5O3S. The van der Waals surface area contributed by atoms with Gasteiger partial charge < -0.3 is 14.0 Å². The highest BCUT2D eigenvalue weighted by Gasteiger charge is 2.35. The van der Waals surface area contributed by atoms with E-state index >= 15 is 0 Å². The Labute approximate surface area is 175 Å². The predicted octanol–water partition coefficient (Wildman–Crippen LogP) is 4.38. The smallest absolute Gasteiger partial charge is 0.443 e. The molecule has 0 fully saturated rings. The molecule has 0 spiro atoms. The molecule has 0 aliphatic rings. The summed E-state index contributed by atoms with van der Waals surface area (Å²) in [6.07, 6.45) is -2.43. The largest absolute Gasteiger partial charge is 0.474 e. The lowest BCUT2D eigenvalue weighted by molar-refractivity contribution is -0.137. The van der Waals surface area contributed by atoms with Crippen LogP contribution in [-0.2, 0) is 11.0 Å². The first-order valence-electron chi connectivity index (χ1n) is 8.47. The maximum atomic E-state index is 14.0. The molecule has 3 heterocycles. The van der Waals surface area contributed by atoms with Gasteiger partial charge in [-0.2, -0.15) is 13.2 Å². The third-order valence-corrected chi connectivity index (χ3v) is 4.99. The van der Waals surface area contributed by atoms with E-state index < -0.39 is 23.1 Å². The van der Waals surface area contributed by atoms with Crippen LogP contribution in [0, 0.1) is 5.82 Å². The number of rotatable bonds is 6. The number of hydrogen-bond donors (Lipinski definition) is 0. The predicted molar refractivity (Wildman–Crippen MR) is 100 cm³/mol. The van der Waals surface area contributed by atoms with Crippen molar-refractivity contribution in [2.75, 3.05) is 7.11 Å². The van der Waals surface area contributed by atoms with E-state index in [1.54, 1.807) is 0 Å². The molecule has 13 heteroatoms. The Bertz CT molecular complexity index is 1230. The van der Waals surface area contributed by atoms with Gasteiger partial charge in [0.15, 0.2) is 5.01 Å². The topological polar surface area (TPSA) is 95.5 Å². The fourth-order valence-corrected chi connectivity index (χ4v) is 3.45. The zero-order chi connectivity index (χ0) is 22.0. The van der Waals surface area contributed by atoms with Crippen LogP contribution in [0.3, 0.4) is 0 Å². The average molecular weight is 453 g/mol. The Balaban J connectivity index is 1.71. The highest BCUT2D eigenvalue weighted by molar-refractivity contribution is 7.18. The molecular weight excluding hydrogens is 442 g/mol. The molecule has 0 bridgehead atoms. The first-order chi connectivity index (χ1) is 14.8. The van der Waals surface area contributed by atoms with E-state index in [1.807, 2.05) is 0 Å². The molecule has 3 aromatic heterocycles. The zero-order valence-corrected chi connectivity index (χ0v) is 16.3. The Hall–Kier alpha value is -3.61. The van der Waals surface area contributed by atoms with Crippen LogP contribution < -0.4 is 4.74 Å². The highest BCUT2D eigenvalue weighted by atomic mass is 32.1. The molecule has 1 atom stereocenters. The van der Waals surface area contributed by atoms with Crippen LogP contribution in [-0.4, -0.2) is 33.5 Å². The van der Waals surface area contributed by atoms with Crippen LogP contribution in [0.1, 0.15) is 28.3 Å². The van der Waals surface area contributed by atoms with Crippen molar-refractivity contribution in [1.82, 2.24) is 20.2 Å². The van der Waals surface area contributed by atoms with Crippen molar-refractivity contribution >= 4 is 27.8 Å². The number of fused-ring (bicyclic) bond motifs is 1. The lowest BCUT2D eigenvalue weighted by Crippen LogP contribution is -2.13. The molecule has 0 saturated carbocycles. The Kier molecular flexibility index (Phi) is 5.50. The number of pyridine rings is 1. The van der Waals surface area contributed by atoms with Gasteiger partial charge in [-0.05, 0) is 24.3 Å². The first kappa shape index (κ1) is 20.7. The molecule has 1 unspecified atom stereocenters. The maximum absolute atomic E-state index is 14.0. The molecule has 8 nitrogen and oxygen atoms in total. The third kappa shape index (κ3) is 4.45. The van der Waals surface area contributed by atoms with Crippen molar-refractivity contribution < 1.29 is 31.6 Å². The van der Waals surface area contributed by atoms with E-state index in [0.717, 1.165) is 18.8 Å². The summed E-state index contributed by atoms with van der Waals surface area (Å²) >= 11 is 0.488. The number of halogens is 4. The van der Waals surface area contributed by atoms with Gasteiger partial charge >= 0.3 is 6.18 Å². The molecule has 4 rings (SSSR count). The summed E-state index contributed by atoms with van der Waals surface area (Å²) in [5, 5.41) is 9.97. The molecule has 31 heavy (non-hydrogen) atoms. The average Bonchev–Trinajstić information content (AvgIpc) is 3.41. The second-order valence-corrected chi connectivity index (χ2v) is 7.00. The molecule has 160 valence electrons. The quantitative estimate of drug-likeness (QED) is 0.243. The van der Waals surface area contributed by atoms with E-state index in [2.05, 4.69) is 30.2 Å². The monoisotopic (exact) mass is 453 g/mol. The minimum Gasteiger partial charge on any atom is -0.474 e. The molecule has 0 amide bonds. The lowest BCUT2D eigenvalue weighted by Gasteiger charge is -2.16. The molecule has 0 saturated heterocycles. The van der Waals surface area contributed by atoms with Crippen molar-refractivity contribution in [2.45, 2.75) is 12.3 Å². The van der Waals surface area contributed by atoms with E-state index in [4.69, 9.17) is 9.15 Å². The number of alkyl halides is 3. The van der Waals surface area contributed by atoms with E-state index in [0.29, 0.717) is 11.3 Å². The van der Waals surface area contributed by atoms with E-state index in [1.165, 1.54) is 31.4 Å². The van der Waals surface area contributed by atoms with Gasteiger partial charge in [0.2, 0.25) is 12.5 Å². The number of oxime groups is 1. The van der Waals surface area contributed by atoms with Gasteiger partial charge in [0.05, 0.1) is 28.3 Å². The first-order valence-corrected chi connectivity index (χ1v) is 9.29. The van der Waals surface area contributed by atoms with Gasteiger partial charge in [-0.15, -0.1) is 21.5 Å².